The van der Waals surface area contributed by atoms with Gasteiger partial charge in [-0.3, -0.25) is 0 Å². The van der Waals surface area contributed by atoms with Crippen LogP contribution in [0.2, 0.25) is 0 Å². The van der Waals surface area contributed by atoms with Gasteiger partial charge in [-0.15, -0.1) is 0 Å². The number of nitrogens with zero attached hydrogens (tertiary/aromatic N) is 2. The molecule has 0 radical (unpaired) electrons. The fourth-order valence-corrected chi connectivity index (χ4v) is 3.43. The van der Waals surface area contributed by atoms with E-state index in [-0.39, 0.29) is 11.3 Å². The molecular weight excluding hydrogens is 381 g/mol. The third kappa shape index (κ3) is 3.55. The average Bonchev–Trinajstić information content (AvgIpc) is 2.96. The summed E-state index contributed by atoms with van der Waals surface area (Å²) in [6.45, 7) is 2.34. The molecule has 0 aliphatic rings. The van der Waals surface area contributed by atoms with Crippen molar-refractivity contribution in [2.45, 2.75) is 23.9 Å². The number of fused-ring (bicyclic) bond motifs is 1. The van der Waals surface area contributed by atoms with E-state index >= 15 is 0 Å². The van der Waals surface area contributed by atoms with Crippen molar-refractivity contribution in [3.8, 4) is 5.75 Å². The van der Waals surface area contributed by atoms with Crippen LogP contribution in [0.1, 0.15) is 18.3 Å². The van der Waals surface area contributed by atoms with E-state index in [1.54, 1.807) is 28.9 Å². The molecule has 0 aliphatic carbocycles. The van der Waals surface area contributed by atoms with Crippen molar-refractivity contribution < 1.29 is 26.7 Å². The molecule has 1 N–H and O–H groups in total. The van der Waals surface area contributed by atoms with Gasteiger partial charge in [-0.05, 0) is 48.9 Å². The lowest BCUT2D eigenvalue weighted by Crippen LogP contribution is -2.23. The molecule has 9 heteroatoms. The molecule has 142 valence electrons. The van der Waals surface area contributed by atoms with E-state index in [0.29, 0.717) is 17.9 Å². The van der Waals surface area contributed by atoms with E-state index < -0.39 is 20.2 Å². The minimum Gasteiger partial charge on any atom is -0.508 e. The quantitative estimate of drug-likeness (QED) is 0.717. The van der Waals surface area contributed by atoms with Gasteiger partial charge in [0, 0.05) is 6.54 Å². The van der Waals surface area contributed by atoms with Gasteiger partial charge < -0.3 is 9.67 Å². The number of hydrogen-bond donors (Lipinski definition) is 1. The highest BCUT2D eigenvalue weighted by Gasteiger charge is 2.47. The number of rotatable bonds is 4. The van der Waals surface area contributed by atoms with Gasteiger partial charge in [0.2, 0.25) is 0 Å². The number of aromatic nitrogens is 2. The smallest absolute Gasteiger partial charge is 0.501 e. The van der Waals surface area contributed by atoms with Crippen LogP contribution >= 0.6 is 0 Å². The third-order valence-electron chi connectivity index (χ3n) is 4.00. The highest BCUT2D eigenvalue weighted by molar-refractivity contribution is 7.92. The predicted molar refractivity (Wildman–Crippen MR) is 95.7 cm³/mol. The zero-order valence-corrected chi connectivity index (χ0v) is 14.9. The molecule has 0 fully saturated rings. The summed E-state index contributed by atoms with van der Waals surface area (Å²) in [6, 6.07) is 9.63. The number of phenolic OH excluding ortho intramolecular Hbond substituents is 1. The van der Waals surface area contributed by atoms with Crippen LogP contribution in [0.15, 0.2) is 47.4 Å². The summed E-state index contributed by atoms with van der Waals surface area (Å²) in [4.78, 5) is 3.43. The molecule has 0 unspecified atom stereocenters. The zero-order valence-electron chi connectivity index (χ0n) is 14.1. The summed E-state index contributed by atoms with van der Waals surface area (Å²) in [5.74, 6) is 0.605. The van der Waals surface area contributed by atoms with E-state index in [1.165, 1.54) is 18.2 Å². The van der Waals surface area contributed by atoms with Gasteiger partial charge in [0.15, 0.2) is 0 Å². The fraction of sp³-hybridized carbons (Fsp3) is 0.167. The van der Waals surface area contributed by atoms with E-state index in [4.69, 9.17) is 0 Å². The molecule has 0 saturated heterocycles. The van der Waals surface area contributed by atoms with Crippen LogP contribution < -0.4 is 0 Å². The number of aromatic hydroxyl groups is 1. The summed E-state index contributed by atoms with van der Waals surface area (Å²) in [5, 5.41) is 9.30. The minimum absolute atomic E-state index is 0.131. The normalized spacial score (nSPS) is 12.9. The molecule has 3 aromatic rings. The van der Waals surface area contributed by atoms with Gasteiger partial charge in [0.1, 0.15) is 11.6 Å². The van der Waals surface area contributed by atoms with Crippen LogP contribution in [0.25, 0.3) is 23.2 Å². The van der Waals surface area contributed by atoms with Crippen molar-refractivity contribution in [3.05, 3.63) is 53.9 Å². The van der Waals surface area contributed by atoms with Crippen LogP contribution in [-0.4, -0.2) is 28.6 Å². The van der Waals surface area contributed by atoms with Crippen molar-refractivity contribution in [2.24, 2.45) is 0 Å². The first-order chi connectivity index (χ1) is 12.6. The van der Waals surface area contributed by atoms with Gasteiger partial charge in [0.25, 0.3) is 9.84 Å². The lowest BCUT2D eigenvalue weighted by molar-refractivity contribution is -0.0435. The Kier molecular flexibility index (Phi) is 4.73. The van der Waals surface area contributed by atoms with Crippen molar-refractivity contribution in [2.75, 3.05) is 0 Å². The van der Waals surface area contributed by atoms with Crippen molar-refractivity contribution >= 4 is 33.0 Å². The number of phenols is 1. The molecule has 0 aliphatic heterocycles. The van der Waals surface area contributed by atoms with E-state index in [9.17, 15) is 26.7 Å². The Balaban J connectivity index is 2.06. The SMILES string of the molecule is CCn1c(/C=C/c2ccc(O)cc2)nc2cc(S(=O)(=O)C(F)(F)F)ccc21. The largest absolute Gasteiger partial charge is 0.508 e. The first kappa shape index (κ1) is 19.0. The molecule has 3 rings (SSSR count). The van der Waals surface area contributed by atoms with E-state index in [1.807, 2.05) is 6.92 Å². The molecule has 0 saturated carbocycles. The lowest BCUT2D eigenvalue weighted by atomic mass is 10.2. The number of aryl methyl sites for hydroxylation is 1. The molecule has 0 spiro atoms. The summed E-state index contributed by atoms with van der Waals surface area (Å²) in [6.07, 6.45) is 3.41. The average molecular weight is 396 g/mol. The summed E-state index contributed by atoms with van der Waals surface area (Å²) >= 11 is 0. The standard InChI is InChI=1S/C18H15F3N2O3S/c1-2-23-16-9-8-14(27(25,26)18(19,20)21)11-15(16)22-17(23)10-5-12-3-6-13(24)7-4-12/h3-11,24H,2H2,1H3/b10-5+. The number of imidazole rings is 1. The van der Waals surface area contributed by atoms with Crippen molar-refractivity contribution in [1.82, 2.24) is 9.55 Å². The number of benzene rings is 2. The summed E-state index contributed by atoms with van der Waals surface area (Å²) in [5.41, 5.74) is -3.88. The maximum absolute atomic E-state index is 12.8. The van der Waals surface area contributed by atoms with Gasteiger partial charge in [-0.25, -0.2) is 13.4 Å². The summed E-state index contributed by atoms with van der Waals surface area (Å²) < 4.78 is 63.3. The van der Waals surface area contributed by atoms with Gasteiger partial charge in [-0.1, -0.05) is 18.2 Å². The Labute approximate surface area is 153 Å². The molecule has 1 heterocycles. The summed E-state index contributed by atoms with van der Waals surface area (Å²) in [7, 11) is -5.43. The Bertz CT molecular complexity index is 1120. The minimum atomic E-state index is -5.43. The molecule has 2 aromatic carbocycles. The molecule has 27 heavy (non-hydrogen) atoms. The first-order valence-corrected chi connectivity index (χ1v) is 9.40. The zero-order chi connectivity index (χ0) is 19.8. The second kappa shape index (κ2) is 6.73. The highest BCUT2D eigenvalue weighted by atomic mass is 32.2. The lowest BCUT2D eigenvalue weighted by Gasteiger charge is -2.08. The number of halogens is 3. The second-order valence-corrected chi connectivity index (χ2v) is 7.68. The molecular formula is C18H15F3N2O3S. The van der Waals surface area contributed by atoms with Crippen molar-refractivity contribution in [3.63, 3.8) is 0 Å². The maximum Gasteiger partial charge on any atom is 0.501 e. The van der Waals surface area contributed by atoms with E-state index in [0.717, 1.165) is 17.7 Å². The fourth-order valence-electron chi connectivity index (χ4n) is 2.64. The predicted octanol–water partition coefficient (Wildman–Crippen LogP) is 4.23. The van der Waals surface area contributed by atoms with Crippen LogP contribution in [0.5, 0.6) is 5.75 Å². The van der Waals surface area contributed by atoms with Crippen LogP contribution in [-0.2, 0) is 16.4 Å². The van der Waals surface area contributed by atoms with Gasteiger partial charge >= 0.3 is 5.51 Å². The van der Waals surface area contributed by atoms with Crippen molar-refractivity contribution in [1.29, 1.82) is 0 Å². The Hall–Kier alpha value is -2.81. The van der Waals surface area contributed by atoms with Crippen LogP contribution in [0.3, 0.4) is 0 Å². The van der Waals surface area contributed by atoms with Crippen LogP contribution in [0.4, 0.5) is 13.2 Å². The molecule has 1 aromatic heterocycles. The number of sulfone groups is 1. The monoisotopic (exact) mass is 396 g/mol. The molecule has 5 nitrogen and oxygen atoms in total. The maximum atomic E-state index is 12.8. The van der Waals surface area contributed by atoms with E-state index in [2.05, 4.69) is 4.98 Å². The molecule has 0 atom stereocenters. The Morgan fingerprint density at radius 3 is 2.37 bits per heavy atom. The first-order valence-electron chi connectivity index (χ1n) is 7.92. The molecule has 0 bridgehead atoms. The Morgan fingerprint density at radius 1 is 1.11 bits per heavy atom. The molecule has 0 amide bonds. The van der Waals surface area contributed by atoms with Gasteiger partial charge in [-0.2, -0.15) is 13.2 Å². The number of alkyl halides is 3. The van der Waals surface area contributed by atoms with Crippen LogP contribution in [0, 0.1) is 0 Å². The third-order valence-corrected chi connectivity index (χ3v) is 5.48. The van der Waals surface area contributed by atoms with Gasteiger partial charge in [0.05, 0.1) is 15.9 Å². The topological polar surface area (TPSA) is 72.2 Å². The number of hydrogen-bond acceptors (Lipinski definition) is 4. The Morgan fingerprint density at radius 2 is 1.78 bits per heavy atom. The second-order valence-electron chi connectivity index (χ2n) is 5.74. The highest BCUT2D eigenvalue weighted by Crippen LogP contribution is 2.32.